The lowest BCUT2D eigenvalue weighted by atomic mass is 10.1. The molecule has 2 rings (SSSR count). The molecular weight excluding hydrogens is 232 g/mol. The van der Waals surface area contributed by atoms with Crippen LogP contribution in [0.15, 0.2) is 29.1 Å². The minimum absolute atomic E-state index is 0.181. The van der Waals surface area contributed by atoms with Gasteiger partial charge in [0.15, 0.2) is 11.5 Å². The Kier molecular flexibility index (Phi) is 3.32. The van der Waals surface area contributed by atoms with Gasteiger partial charge in [-0.2, -0.15) is 5.10 Å². The zero-order chi connectivity index (χ0) is 13.1. The molecule has 18 heavy (non-hydrogen) atoms. The van der Waals surface area contributed by atoms with E-state index in [-0.39, 0.29) is 5.56 Å². The fourth-order valence-electron chi connectivity index (χ4n) is 1.65. The van der Waals surface area contributed by atoms with Gasteiger partial charge in [-0.3, -0.25) is 4.79 Å². The average Bonchev–Trinajstić information content (AvgIpc) is 2.41. The molecule has 5 nitrogen and oxygen atoms in total. The third-order valence-corrected chi connectivity index (χ3v) is 2.67. The molecule has 1 aromatic heterocycles. The second kappa shape index (κ2) is 4.91. The number of methoxy groups -OCH3 is 2. The molecule has 0 spiro atoms. The van der Waals surface area contributed by atoms with E-state index in [1.807, 2.05) is 12.1 Å². The maximum atomic E-state index is 11.3. The molecule has 0 unspecified atom stereocenters. The molecule has 94 valence electrons. The van der Waals surface area contributed by atoms with E-state index in [2.05, 4.69) is 10.2 Å². The van der Waals surface area contributed by atoms with Crippen LogP contribution in [0.4, 0.5) is 0 Å². The van der Waals surface area contributed by atoms with Crippen LogP contribution in [-0.2, 0) is 0 Å². The van der Waals surface area contributed by atoms with Crippen molar-refractivity contribution < 1.29 is 9.47 Å². The number of hydrogen-bond donors (Lipinski definition) is 1. The van der Waals surface area contributed by atoms with E-state index in [9.17, 15) is 4.79 Å². The van der Waals surface area contributed by atoms with Gasteiger partial charge >= 0.3 is 0 Å². The molecular formula is C13H14N2O3. The molecule has 0 aliphatic heterocycles. The standard InChI is InChI=1S/C13H14N2O3/c1-8-6-10(14-15-13(8)16)9-4-5-11(17-2)12(7-9)18-3/h4-7H,1-3H3,(H,15,16). The van der Waals surface area contributed by atoms with Crippen molar-refractivity contribution in [1.82, 2.24) is 10.2 Å². The summed E-state index contributed by atoms with van der Waals surface area (Å²) in [5.41, 5.74) is 1.98. The Balaban J connectivity index is 2.50. The molecule has 0 saturated heterocycles. The van der Waals surface area contributed by atoms with Crippen LogP contribution in [-0.4, -0.2) is 24.4 Å². The van der Waals surface area contributed by atoms with E-state index in [0.717, 1.165) is 5.56 Å². The molecule has 0 aliphatic carbocycles. The zero-order valence-electron chi connectivity index (χ0n) is 10.5. The van der Waals surface area contributed by atoms with Gasteiger partial charge in [0.25, 0.3) is 5.56 Å². The number of nitrogens with zero attached hydrogens (tertiary/aromatic N) is 1. The van der Waals surface area contributed by atoms with Gasteiger partial charge in [0.2, 0.25) is 0 Å². The Morgan fingerprint density at radius 1 is 1.11 bits per heavy atom. The summed E-state index contributed by atoms with van der Waals surface area (Å²) in [4.78, 5) is 11.3. The summed E-state index contributed by atoms with van der Waals surface area (Å²) < 4.78 is 10.4. The maximum absolute atomic E-state index is 11.3. The summed E-state index contributed by atoms with van der Waals surface area (Å²) in [6.45, 7) is 1.74. The topological polar surface area (TPSA) is 64.2 Å². The predicted octanol–water partition coefficient (Wildman–Crippen LogP) is 1.76. The molecule has 0 radical (unpaired) electrons. The Morgan fingerprint density at radius 3 is 2.44 bits per heavy atom. The molecule has 5 heteroatoms. The number of aromatic amines is 1. The van der Waals surface area contributed by atoms with Gasteiger partial charge in [0.05, 0.1) is 19.9 Å². The minimum Gasteiger partial charge on any atom is -0.493 e. The summed E-state index contributed by atoms with van der Waals surface area (Å²) in [7, 11) is 3.16. The Hall–Kier alpha value is -2.30. The predicted molar refractivity (Wildman–Crippen MR) is 68.1 cm³/mol. The van der Waals surface area contributed by atoms with Crippen molar-refractivity contribution in [2.45, 2.75) is 6.92 Å². The van der Waals surface area contributed by atoms with Crippen molar-refractivity contribution in [3.05, 3.63) is 40.2 Å². The van der Waals surface area contributed by atoms with Crippen LogP contribution < -0.4 is 15.0 Å². The molecule has 1 heterocycles. The number of H-pyrrole nitrogens is 1. The molecule has 0 amide bonds. The SMILES string of the molecule is COc1ccc(-c2cc(C)c(=O)[nH]n2)cc1OC. The number of hydrogen-bond acceptors (Lipinski definition) is 4. The third-order valence-electron chi connectivity index (χ3n) is 2.67. The lowest BCUT2D eigenvalue weighted by molar-refractivity contribution is 0.355. The number of ether oxygens (including phenoxy) is 2. The van der Waals surface area contributed by atoms with E-state index in [4.69, 9.17) is 9.47 Å². The van der Waals surface area contributed by atoms with Gasteiger partial charge in [0, 0.05) is 11.1 Å². The maximum Gasteiger partial charge on any atom is 0.267 e. The van der Waals surface area contributed by atoms with Crippen molar-refractivity contribution in [2.75, 3.05) is 14.2 Å². The first-order chi connectivity index (χ1) is 8.65. The Bertz CT molecular complexity index is 620. The summed E-state index contributed by atoms with van der Waals surface area (Å²) in [5, 5.41) is 6.46. The number of aromatic nitrogens is 2. The zero-order valence-corrected chi connectivity index (χ0v) is 10.5. The van der Waals surface area contributed by atoms with Crippen LogP contribution in [0.5, 0.6) is 11.5 Å². The highest BCUT2D eigenvalue weighted by atomic mass is 16.5. The molecule has 0 bridgehead atoms. The highest BCUT2D eigenvalue weighted by molar-refractivity contribution is 5.63. The molecule has 0 fully saturated rings. The molecule has 1 aromatic carbocycles. The fraction of sp³-hybridized carbons (Fsp3) is 0.231. The normalized spacial score (nSPS) is 10.2. The first kappa shape index (κ1) is 12.2. The summed E-state index contributed by atoms with van der Waals surface area (Å²) in [6.07, 6.45) is 0. The van der Waals surface area contributed by atoms with Gasteiger partial charge in [-0.15, -0.1) is 0 Å². The van der Waals surface area contributed by atoms with Crippen molar-refractivity contribution >= 4 is 0 Å². The lowest BCUT2D eigenvalue weighted by Gasteiger charge is -2.09. The highest BCUT2D eigenvalue weighted by Crippen LogP contribution is 2.31. The first-order valence-corrected chi connectivity index (χ1v) is 5.44. The van der Waals surface area contributed by atoms with Crippen molar-refractivity contribution in [1.29, 1.82) is 0 Å². The van der Waals surface area contributed by atoms with Crippen LogP contribution in [0.1, 0.15) is 5.56 Å². The van der Waals surface area contributed by atoms with Gasteiger partial charge < -0.3 is 9.47 Å². The van der Waals surface area contributed by atoms with Crippen molar-refractivity contribution in [3.63, 3.8) is 0 Å². The first-order valence-electron chi connectivity index (χ1n) is 5.44. The van der Waals surface area contributed by atoms with Crippen molar-refractivity contribution in [3.8, 4) is 22.8 Å². The van der Waals surface area contributed by atoms with E-state index >= 15 is 0 Å². The summed E-state index contributed by atoms with van der Waals surface area (Å²) >= 11 is 0. The van der Waals surface area contributed by atoms with E-state index in [0.29, 0.717) is 22.8 Å². The largest absolute Gasteiger partial charge is 0.493 e. The minimum atomic E-state index is -0.181. The molecule has 0 saturated carbocycles. The monoisotopic (exact) mass is 246 g/mol. The van der Waals surface area contributed by atoms with E-state index < -0.39 is 0 Å². The van der Waals surface area contributed by atoms with Crippen LogP contribution >= 0.6 is 0 Å². The number of rotatable bonds is 3. The van der Waals surface area contributed by atoms with Gasteiger partial charge in [-0.05, 0) is 31.2 Å². The number of nitrogens with one attached hydrogen (secondary N) is 1. The fourth-order valence-corrected chi connectivity index (χ4v) is 1.65. The number of aryl methyl sites for hydroxylation is 1. The highest BCUT2D eigenvalue weighted by Gasteiger charge is 2.08. The van der Waals surface area contributed by atoms with E-state index in [1.165, 1.54) is 0 Å². The Morgan fingerprint density at radius 2 is 1.83 bits per heavy atom. The Labute approximate surface area is 104 Å². The quantitative estimate of drug-likeness (QED) is 0.896. The smallest absolute Gasteiger partial charge is 0.267 e. The molecule has 2 aromatic rings. The average molecular weight is 246 g/mol. The second-order valence-corrected chi connectivity index (χ2v) is 3.84. The van der Waals surface area contributed by atoms with Crippen LogP contribution in [0.3, 0.4) is 0 Å². The van der Waals surface area contributed by atoms with Crippen LogP contribution in [0.25, 0.3) is 11.3 Å². The summed E-state index contributed by atoms with van der Waals surface area (Å²) in [5.74, 6) is 1.28. The molecule has 0 atom stereocenters. The van der Waals surface area contributed by atoms with Gasteiger partial charge in [-0.25, -0.2) is 5.10 Å². The molecule has 1 N–H and O–H groups in total. The third kappa shape index (κ3) is 2.20. The van der Waals surface area contributed by atoms with Crippen molar-refractivity contribution in [2.24, 2.45) is 0 Å². The lowest BCUT2D eigenvalue weighted by Crippen LogP contribution is -2.11. The van der Waals surface area contributed by atoms with Gasteiger partial charge in [-0.1, -0.05) is 0 Å². The molecule has 0 aliphatic rings. The van der Waals surface area contributed by atoms with Gasteiger partial charge in [0.1, 0.15) is 0 Å². The summed E-state index contributed by atoms with van der Waals surface area (Å²) in [6, 6.07) is 7.22. The van der Waals surface area contributed by atoms with Crippen LogP contribution in [0.2, 0.25) is 0 Å². The second-order valence-electron chi connectivity index (χ2n) is 3.84. The van der Waals surface area contributed by atoms with Crippen LogP contribution in [0, 0.1) is 6.92 Å². The number of benzene rings is 1. The van der Waals surface area contributed by atoms with E-state index in [1.54, 1.807) is 33.3 Å².